The average molecular weight is 682 g/mol. The summed E-state index contributed by atoms with van der Waals surface area (Å²) in [4.78, 5) is 50.7. The number of piperidine rings is 1. The fourth-order valence-corrected chi connectivity index (χ4v) is 6.49. The van der Waals surface area contributed by atoms with Crippen LogP contribution in [0.4, 0.5) is 11.4 Å². The van der Waals surface area contributed by atoms with Gasteiger partial charge < -0.3 is 25.0 Å². The molecule has 4 heterocycles. The van der Waals surface area contributed by atoms with Crippen molar-refractivity contribution >= 4 is 51.5 Å². The number of anilines is 1. The summed E-state index contributed by atoms with van der Waals surface area (Å²) in [5.74, 6) is 0.188. The van der Waals surface area contributed by atoms with Crippen LogP contribution in [0.3, 0.4) is 0 Å². The second-order valence-corrected chi connectivity index (χ2v) is 12.4. The van der Waals surface area contributed by atoms with Gasteiger partial charge in [0.15, 0.2) is 0 Å². The second-order valence-electron chi connectivity index (χ2n) is 11.1. The van der Waals surface area contributed by atoms with Crippen LogP contribution in [0.15, 0.2) is 52.4 Å². The Bertz CT molecular complexity index is 1660. The number of hydrogen-bond donors (Lipinski definition) is 3. The Kier molecular flexibility index (Phi) is 7.90. The Morgan fingerprint density at radius 2 is 1.86 bits per heavy atom. The highest BCUT2D eigenvalue weighted by atomic mass is 127. The Balaban J connectivity index is 1.17. The highest BCUT2D eigenvalue weighted by Crippen LogP contribution is 2.37. The van der Waals surface area contributed by atoms with E-state index in [9.17, 15) is 19.5 Å². The van der Waals surface area contributed by atoms with Crippen LogP contribution in [0.2, 0.25) is 0 Å². The first kappa shape index (κ1) is 28.6. The molecule has 3 aliphatic heterocycles. The molecule has 11 heteroatoms. The first-order chi connectivity index (χ1) is 20.2. The largest absolute Gasteiger partial charge is 0.491 e. The minimum Gasteiger partial charge on any atom is -0.491 e. The fraction of sp³-hybridized carbons (Fsp3) is 0.355. The van der Waals surface area contributed by atoms with E-state index in [1.807, 2.05) is 32.2 Å². The first-order valence-electron chi connectivity index (χ1n) is 14.0. The number of nitrogens with zero attached hydrogens (tertiary/aromatic N) is 3. The highest BCUT2D eigenvalue weighted by molar-refractivity contribution is 14.1. The molecule has 1 fully saturated rings. The zero-order valence-corrected chi connectivity index (χ0v) is 25.6. The van der Waals surface area contributed by atoms with E-state index >= 15 is 0 Å². The van der Waals surface area contributed by atoms with Gasteiger partial charge in [-0.25, -0.2) is 0 Å². The van der Waals surface area contributed by atoms with E-state index in [2.05, 4.69) is 37.8 Å². The Morgan fingerprint density at radius 3 is 2.60 bits per heavy atom. The number of carbonyl (C=O) groups excluding carboxylic acids is 2. The maximum atomic E-state index is 13.3. The molecule has 0 aliphatic carbocycles. The number of aromatic amines is 1. The lowest BCUT2D eigenvalue weighted by Crippen LogP contribution is -2.46. The third kappa shape index (κ3) is 5.48. The summed E-state index contributed by atoms with van der Waals surface area (Å²) in [6, 6.07) is 10.9. The molecule has 218 valence electrons. The molecule has 3 N–H and O–H groups in total. The molecule has 10 nitrogen and oxygen atoms in total. The molecule has 1 saturated heterocycles. The zero-order valence-electron chi connectivity index (χ0n) is 23.4. The zero-order chi connectivity index (χ0) is 29.5. The minimum atomic E-state index is -0.828. The molecule has 3 aliphatic rings. The summed E-state index contributed by atoms with van der Waals surface area (Å²) >= 11 is 2.24. The van der Waals surface area contributed by atoms with Crippen molar-refractivity contribution in [3.63, 3.8) is 0 Å². The maximum absolute atomic E-state index is 13.3. The predicted octanol–water partition coefficient (Wildman–Crippen LogP) is 3.51. The van der Waals surface area contributed by atoms with Gasteiger partial charge in [-0.3, -0.25) is 24.3 Å². The molecule has 3 aromatic rings. The first-order valence-corrected chi connectivity index (χ1v) is 15.1. The number of pyridine rings is 1. The molecule has 1 aromatic heterocycles. The number of rotatable bonds is 8. The van der Waals surface area contributed by atoms with Gasteiger partial charge in [0, 0.05) is 28.8 Å². The van der Waals surface area contributed by atoms with Crippen LogP contribution in [0.25, 0.3) is 0 Å². The number of ether oxygens (including phenoxy) is 1. The molecule has 0 bridgehead atoms. The molecule has 2 aromatic carbocycles. The van der Waals surface area contributed by atoms with E-state index in [4.69, 9.17) is 9.73 Å². The van der Waals surface area contributed by atoms with Crippen LogP contribution in [0.5, 0.6) is 5.75 Å². The fourth-order valence-electron chi connectivity index (χ4n) is 5.84. The Hall–Kier alpha value is -3.55. The lowest BCUT2D eigenvalue weighted by Gasteiger charge is -2.33. The molecular formula is C31H32IN5O5. The van der Waals surface area contributed by atoms with Crippen molar-refractivity contribution in [3.8, 4) is 5.75 Å². The van der Waals surface area contributed by atoms with Gasteiger partial charge >= 0.3 is 0 Å². The number of H-pyrrole nitrogens is 1. The molecule has 6 rings (SSSR count). The van der Waals surface area contributed by atoms with Crippen molar-refractivity contribution in [1.82, 2.24) is 14.8 Å². The number of carbonyl (C=O) groups is 2. The van der Waals surface area contributed by atoms with Crippen LogP contribution in [-0.2, 0) is 6.42 Å². The molecule has 2 amide bonds. The van der Waals surface area contributed by atoms with Crippen molar-refractivity contribution in [2.75, 3.05) is 38.6 Å². The van der Waals surface area contributed by atoms with E-state index in [-0.39, 0.29) is 36.6 Å². The number of fused-ring (bicyclic) bond motifs is 2. The van der Waals surface area contributed by atoms with Crippen molar-refractivity contribution in [3.05, 3.63) is 84.3 Å². The van der Waals surface area contributed by atoms with Crippen LogP contribution >= 0.6 is 22.6 Å². The number of aliphatic hydroxyl groups is 1. The average Bonchev–Trinajstić information content (AvgIpc) is 3.48. The van der Waals surface area contributed by atoms with Crippen molar-refractivity contribution in [2.24, 2.45) is 4.99 Å². The normalized spacial score (nSPS) is 17.7. The summed E-state index contributed by atoms with van der Waals surface area (Å²) < 4.78 is 6.91. The SMILES string of the molecule is Cc1cc(I)ccc1OCC(O)CNc1cc[nH]c(=O)c1C1=Nc2cc3c(cc2C1)C(=O)N(C1CCN(C)CC1)C3=O. The highest BCUT2D eigenvalue weighted by Gasteiger charge is 2.42. The number of aliphatic imine (C=N–C) groups is 1. The maximum Gasteiger partial charge on any atom is 0.261 e. The van der Waals surface area contributed by atoms with Gasteiger partial charge in [0.25, 0.3) is 17.4 Å². The third-order valence-corrected chi connectivity index (χ3v) is 8.80. The smallest absolute Gasteiger partial charge is 0.261 e. The number of nitrogens with one attached hydrogen (secondary N) is 2. The van der Waals surface area contributed by atoms with Crippen molar-refractivity contribution < 1.29 is 19.4 Å². The summed E-state index contributed by atoms with van der Waals surface area (Å²) in [6.45, 7) is 3.89. The van der Waals surface area contributed by atoms with E-state index in [0.29, 0.717) is 45.9 Å². The number of amides is 2. The molecular weight excluding hydrogens is 649 g/mol. The number of aliphatic hydroxyl groups excluding tert-OH is 1. The number of likely N-dealkylation sites (tertiary alicyclic amines) is 1. The van der Waals surface area contributed by atoms with Gasteiger partial charge in [-0.05, 0) is 110 Å². The number of imide groups is 1. The van der Waals surface area contributed by atoms with E-state index in [0.717, 1.165) is 40.6 Å². The monoisotopic (exact) mass is 681 g/mol. The van der Waals surface area contributed by atoms with E-state index in [1.54, 1.807) is 18.2 Å². The number of aryl methyl sites for hydroxylation is 1. The lowest BCUT2D eigenvalue weighted by atomic mass is 10.00. The van der Waals surface area contributed by atoms with E-state index in [1.165, 1.54) is 11.1 Å². The van der Waals surface area contributed by atoms with Crippen LogP contribution < -0.4 is 15.6 Å². The van der Waals surface area contributed by atoms with Crippen molar-refractivity contribution in [2.45, 2.75) is 38.3 Å². The van der Waals surface area contributed by atoms with Gasteiger partial charge in [-0.1, -0.05) is 0 Å². The molecule has 1 unspecified atom stereocenters. The topological polar surface area (TPSA) is 127 Å². The number of hydrogen-bond acceptors (Lipinski definition) is 8. The second kappa shape index (κ2) is 11.6. The number of benzene rings is 2. The van der Waals surface area contributed by atoms with Gasteiger partial charge in [0.2, 0.25) is 0 Å². The summed E-state index contributed by atoms with van der Waals surface area (Å²) in [6.07, 6.45) is 2.59. The standard InChI is InChI=1S/C31H32IN5O5/c1-17-11-19(32)3-4-27(17)42-16-21(38)15-34-24-5-8-33-29(39)28(24)26-13-18-12-22-23(14-25(18)35-26)31(41)37(30(22)40)20-6-9-36(2)10-7-20/h3-5,8,11-12,14,20-21,38H,6-7,9-10,13,15-16H2,1-2H3,(H2,33,34,39). The Morgan fingerprint density at radius 1 is 1.12 bits per heavy atom. The van der Waals surface area contributed by atoms with Crippen LogP contribution in [0, 0.1) is 10.5 Å². The van der Waals surface area contributed by atoms with Gasteiger partial charge in [0.05, 0.1) is 33.8 Å². The molecule has 0 saturated carbocycles. The van der Waals surface area contributed by atoms with Crippen LogP contribution in [-0.4, -0.2) is 82.9 Å². The van der Waals surface area contributed by atoms with Crippen molar-refractivity contribution in [1.29, 1.82) is 0 Å². The molecule has 42 heavy (non-hydrogen) atoms. The third-order valence-electron chi connectivity index (χ3n) is 8.13. The summed E-state index contributed by atoms with van der Waals surface area (Å²) in [5.41, 5.74) is 4.25. The quantitative estimate of drug-likeness (QED) is 0.246. The summed E-state index contributed by atoms with van der Waals surface area (Å²) in [5, 5.41) is 13.8. The lowest BCUT2D eigenvalue weighted by molar-refractivity contribution is 0.0516. The van der Waals surface area contributed by atoms with Crippen LogP contribution in [0.1, 0.15) is 50.2 Å². The van der Waals surface area contributed by atoms with Gasteiger partial charge in [-0.15, -0.1) is 0 Å². The predicted molar refractivity (Wildman–Crippen MR) is 168 cm³/mol. The number of aromatic nitrogens is 1. The van der Waals surface area contributed by atoms with Gasteiger partial charge in [0.1, 0.15) is 18.5 Å². The van der Waals surface area contributed by atoms with E-state index < -0.39 is 6.10 Å². The number of halogens is 1. The Labute approximate surface area is 256 Å². The minimum absolute atomic E-state index is 0.0849. The molecule has 0 radical (unpaired) electrons. The summed E-state index contributed by atoms with van der Waals surface area (Å²) in [7, 11) is 2.04. The molecule has 0 spiro atoms. The van der Waals surface area contributed by atoms with Gasteiger partial charge in [-0.2, -0.15) is 0 Å². The molecule has 1 atom stereocenters.